The summed E-state index contributed by atoms with van der Waals surface area (Å²) in [5, 5.41) is 6.40. The quantitative estimate of drug-likeness (QED) is 0.517. The summed E-state index contributed by atoms with van der Waals surface area (Å²) >= 11 is 0. The largest absolute Gasteiger partial charge is 0.493 e. The number of fused-ring (bicyclic) bond motifs is 1. The van der Waals surface area contributed by atoms with Gasteiger partial charge in [0, 0.05) is 5.56 Å². The van der Waals surface area contributed by atoms with Crippen molar-refractivity contribution in [2.45, 2.75) is 6.92 Å². The Morgan fingerprint density at radius 2 is 1.97 bits per heavy atom. The molecule has 9 heteroatoms. The molecular formula is C20H21N3O6. The molecule has 2 amide bonds. The van der Waals surface area contributed by atoms with Gasteiger partial charge in [-0.3, -0.25) is 9.59 Å². The normalized spacial score (nSPS) is 11.9. The summed E-state index contributed by atoms with van der Waals surface area (Å²) in [4.78, 5) is 24.0. The molecule has 9 nitrogen and oxygen atoms in total. The van der Waals surface area contributed by atoms with Crippen LogP contribution in [0, 0.1) is 0 Å². The van der Waals surface area contributed by atoms with Gasteiger partial charge in [-0.15, -0.1) is 0 Å². The molecule has 29 heavy (non-hydrogen) atoms. The van der Waals surface area contributed by atoms with Gasteiger partial charge in [-0.2, -0.15) is 5.10 Å². The van der Waals surface area contributed by atoms with E-state index in [1.807, 2.05) is 6.92 Å². The van der Waals surface area contributed by atoms with Crippen LogP contribution in [0.1, 0.15) is 22.8 Å². The average molecular weight is 399 g/mol. The Kier molecular flexibility index (Phi) is 6.51. The second-order valence-electron chi connectivity index (χ2n) is 5.89. The lowest BCUT2D eigenvalue weighted by Gasteiger charge is -2.09. The Balaban J connectivity index is 1.49. The molecule has 0 bridgehead atoms. The molecule has 1 heterocycles. The molecule has 2 N–H and O–H groups in total. The molecule has 0 aliphatic carbocycles. The number of nitrogens with zero attached hydrogens (tertiary/aromatic N) is 1. The van der Waals surface area contributed by atoms with E-state index in [-0.39, 0.29) is 13.3 Å². The Bertz CT molecular complexity index is 928. The molecule has 0 aromatic heterocycles. The second-order valence-corrected chi connectivity index (χ2v) is 5.89. The summed E-state index contributed by atoms with van der Waals surface area (Å²) in [6.07, 6.45) is 1.47. The highest BCUT2D eigenvalue weighted by atomic mass is 16.7. The summed E-state index contributed by atoms with van der Waals surface area (Å²) in [6.45, 7) is 2.31. The fourth-order valence-electron chi connectivity index (χ4n) is 2.56. The Labute approximate surface area is 167 Å². The topological polar surface area (TPSA) is 107 Å². The van der Waals surface area contributed by atoms with Crippen molar-refractivity contribution in [3.8, 4) is 23.0 Å². The third-order valence-electron chi connectivity index (χ3n) is 3.93. The zero-order valence-corrected chi connectivity index (χ0v) is 16.1. The van der Waals surface area contributed by atoms with Crippen LogP contribution >= 0.6 is 0 Å². The third-order valence-corrected chi connectivity index (χ3v) is 3.93. The minimum Gasteiger partial charge on any atom is -0.493 e. The van der Waals surface area contributed by atoms with Gasteiger partial charge >= 0.3 is 0 Å². The second kappa shape index (κ2) is 9.45. The molecule has 0 radical (unpaired) electrons. The number of nitrogens with one attached hydrogen (secondary N) is 2. The molecule has 0 unspecified atom stereocenters. The zero-order chi connectivity index (χ0) is 20.6. The van der Waals surface area contributed by atoms with Crippen molar-refractivity contribution in [3.05, 3.63) is 47.5 Å². The first kappa shape index (κ1) is 20.0. The minimum atomic E-state index is -0.465. The van der Waals surface area contributed by atoms with Crippen molar-refractivity contribution in [1.29, 1.82) is 0 Å². The average Bonchev–Trinajstić information content (AvgIpc) is 3.21. The lowest BCUT2D eigenvalue weighted by atomic mass is 10.2. The van der Waals surface area contributed by atoms with Crippen LogP contribution in [-0.4, -0.2) is 45.1 Å². The summed E-state index contributed by atoms with van der Waals surface area (Å²) in [5.74, 6) is 1.41. The molecule has 152 valence electrons. The maximum absolute atomic E-state index is 12.1. The van der Waals surface area contributed by atoms with E-state index >= 15 is 0 Å². The number of amides is 2. The number of hydrogen-bond donors (Lipinski definition) is 2. The first-order valence-corrected chi connectivity index (χ1v) is 8.91. The molecule has 1 aliphatic rings. The molecule has 2 aromatic carbocycles. The van der Waals surface area contributed by atoms with Crippen molar-refractivity contribution in [3.63, 3.8) is 0 Å². The van der Waals surface area contributed by atoms with E-state index in [1.54, 1.807) is 43.5 Å². The lowest BCUT2D eigenvalue weighted by molar-refractivity contribution is -0.120. The number of ether oxygens (including phenoxy) is 4. The van der Waals surface area contributed by atoms with E-state index < -0.39 is 11.8 Å². The van der Waals surface area contributed by atoms with Crippen molar-refractivity contribution in [2.24, 2.45) is 5.10 Å². The van der Waals surface area contributed by atoms with Crippen molar-refractivity contribution in [1.82, 2.24) is 10.7 Å². The molecule has 0 fully saturated rings. The maximum Gasteiger partial charge on any atom is 0.259 e. The first-order valence-electron chi connectivity index (χ1n) is 8.91. The Morgan fingerprint density at radius 1 is 1.14 bits per heavy atom. The molecule has 0 atom stereocenters. The molecule has 0 saturated heterocycles. The number of hydrazone groups is 1. The van der Waals surface area contributed by atoms with Gasteiger partial charge in [0.25, 0.3) is 11.8 Å². The monoisotopic (exact) mass is 399 g/mol. The SMILES string of the molecule is CCOc1ccc(C=NNC(=O)CNC(=O)c2ccc3c(c2)OCO3)cc1OC. The summed E-state index contributed by atoms with van der Waals surface area (Å²) in [7, 11) is 1.55. The number of carbonyl (C=O) groups excluding carboxylic acids is 2. The van der Waals surface area contributed by atoms with Crippen LogP contribution in [0.25, 0.3) is 0 Å². The predicted octanol–water partition coefficient (Wildman–Crippen LogP) is 1.70. The lowest BCUT2D eigenvalue weighted by Crippen LogP contribution is -2.34. The molecule has 0 spiro atoms. The van der Waals surface area contributed by atoms with Crippen LogP contribution in [-0.2, 0) is 4.79 Å². The van der Waals surface area contributed by atoms with E-state index in [9.17, 15) is 9.59 Å². The summed E-state index contributed by atoms with van der Waals surface area (Å²) in [5.41, 5.74) is 3.44. The van der Waals surface area contributed by atoms with Gasteiger partial charge in [0.05, 0.1) is 26.5 Å². The smallest absolute Gasteiger partial charge is 0.259 e. The van der Waals surface area contributed by atoms with Gasteiger partial charge in [-0.1, -0.05) is 0 Å². The Hall–Kier alpha value is -3.75. The van der Waals surface area contributed by atoms with Crippen LogP contribution in [0.4, 0.5) is 0 Å². The van der Waals surface area contributed by atoms with Crippen molar-refractivity contribution < 1.29 is 28.5 Å². The minimum absolute atomic E-state index is 0.126. The van der Waals surface area contributed by atoms with Gasteiger partial charge < -0.3 is 24.3 Å². The van der Waals surface area contributed by atoms with E-state index in [0.717, 1.165) is 5.56 Å². The molecule has 3 rings (SSSR count). The predicted molar refractivity (Wildman–Crippen MR) is 105 cm³/mol. The number of carbonyl (C=O) groups is 2. The van der Waals surface area contributed by atoms with Gasteiger partial charge in [0.1, 0.15) is 0 Å². The van der Waals surface area contributed by atoms with E-state index in [0.29, 0.717) is 35.2 Å². The van der Waals surface area contributed by atoms with Crippen LogP contribution in [0.5, 0.6) is 23.0 Å². The zero-order valence-electron chi connectivity index (χ0n) is 16.1. The van der Waals surface area contributed by atoms with Gasteiger partial charge in [-0.05, 0) is 48.9 Å². The highest BCUT2D eigenvalue weighted by molar-refractivity contribution is 5.97. The van der Waals surface area contributed by atoms with Crippen LogP contribution in [0.3, 0.4) is 0 Å². The van der Waals surface area contributed by atoms with Crippen molar-refractivity contribution >= 4 is 18.0 Å². The highest BCUT2D eigenvalue weighted by Gasteiger charge is 2.16. The standard InChI is InChI=1S/C20H21N3O6/c1-3-27-15-6-4-13(8-17(15)26-2)10-22-23-19(24)11-21-20(25)14-5-7-16-18(9-14)29-12-28-16/h4-10H,3,11-12H2,1-2H3,(H,21,25)(H,23,24). The number of hydrogen-bond acceptors (Lipinski definition) is 7. The maximum atomic E-state index is 12.1. The van der Waals surface area contributed by atoms with E-state index in [4.69, 9.17) is 18.9 Å². The Morgan fingerprint density at radius 3 is 2.76 bits per heavy atom. The molecule has 0 saturated carbocycles. The summed E-state index contributed by atoms with van der Waals surface area (Å²) in [6, 6.07) is 10.1. The highest BCUT2D eigenvalue weighted by Crippen LogP contribution is 2.32. The van der Waals surface area contributed by atoms with Gasteiger partial charge in [0.2, 0.25) is 6.79 Å². The fourth-order valence-corrected chi connectivity index (χ4v) is 2.56. The van der Waals surface area contributed by atoms with Crippen LogP contribution in [0.2, 0.25) is 0 Å². The van der Waals surface area contributed by atoms with Gasteiger partial charge in [0.15, 0.2) is 23.0 Å². The molecular weight excluding hydrogens is 378 g/mol. The third kappa shape index (κ3) is 5.16. The van der Waals surface area contributed by atoms with Crippen molar-refractivity contribution in [2.75, 3.05) is 27.1 Å². The number of rotatable bonds is 8. The number of methoxy groups -OCH3 is 1. The van der Waals surface area contributed by atoms with Crippen LogP contribution in [0.15, 0.2) is 41.5 Å². The van der Waals surface area contributed by atoms with E-state index in [2.05, 4.69) is 15.8 Å². The number of benzene rings is 2. The fraction of sp³-hybridized carbons (Fsp3) is 0.250. The van der Waals surface area contributed by atoms with E-state index in [1.165, 1.54) is 6.21 Å². The molecule has 1 aliphatic heterocycles. The molecule has 2 aromatic rings. The van der Waals surface area contributed by atoms with Crippen LogP contribution < -0.4 is 29.7 Å². The van der Waals surface area contributed by atoms with Gasteiger partial charge in [-0.25, -0.2) is 5.43 Å². The summed E-state index contributed by atoms with van der Waals surface area (Å²) < 4.78 is 21.1. The first-order chi connectivity index (χ1) is 14.1.